The Balaban J connectivity index is 1.52. The Hall–Kier alpha value is -3.28. The molecule has 0 unspecified atom stereocenters. The monoisotopic (exact) mass is 543 g/mol. The van der Waals surface area contributed by atoms with Gasteiger partial charge in [-0.1, -0.05) is 46.9 Å². The molecule has 4 rings (SSSR count). The molecule has 4 aromatic rings. The van der Waals surface area contributed by atoms with Gasteiger partial charge in [0.25, 0.3) is 5.91 Å². The summed E-state index contributed by atoms with van der Waals surface area (Å²) in [6.45, 7) is -0.319. The number of hydrogen-bond donors (Lipinski definition) is 1. The first-order chi connectivity index (χ1) is 16.9. The number of hydrogen-bond acceptors (Lipinski definition) is 6. The summed E-state index contributed by atoms with van der Waals surface area (Å²) in [4.78, 5) is 16.9. The zero-order valence-corrected chi connectivity index (χ0v) is 21.2. The molecule has 1 N–H and O–H groups in total. The van der Waals surface area contributed by atoms with Crippen molar-refractivity contribution in [3.63, 3.8) is 0 Å². The third-order valence-electron chi connectivity index (χ3n) is 4.76. The van der Waals surface area contributed by atoms with Gasteiger partial charge in [-0.25, -0.2) is 4.98 Å². The molecule has 0 atom stereocenters. The van der Waals surface area contributed by atoms with Crippen molar-refractivity contribution in [1.29, 1.82) is 5.26 Å². The largest absolute Gasteiger partial charge is 0.493 e. The number of carbonyl (C=O) groups excluding carboxylic acids is 1. The fourth-order valence-corrected chi connectivity index (χ4v) is 4.67. The van der Waals surface area contributed by atoms with Crippen LogP contribution >= 0.6 is 46.1 Å². The van der Waals surface area contributed by atoms with Gasteiger partial charge in [0.2, 0.25) is 0 Å². The van der Waals surface area contributed by atoms with E-state index in [0.717, 1.165) is 10.2 Å². The number of halogens is 3. The lowest BCUT2D eigenvalue weighted by atomic mass is 10.1. The summed E-state index contributed by atoms with van der Waals surface area (Å²) in [5, 5.41) is 13.9. The Morgan fingerprint density at radius 2 is 1.91 bits per heavy atom. The molecule has 0 saturated heterocycles. The third-order valence-corrected chi connectivity index (χ3v) is 6.85. The van der Waals surface area contributed by atoms with Crippen LogP contribution in [0.5, 0.6) is 11.5 Å². The van der Waals surface area contributed by atoms with Crippen molar-refractivity contribution in [3.8, 4) is 17.6 Å². The quantitative estimate of drug-likeness (QED) is 0.246. The highest BCUT2D eigenvalue weighted by molar-refractivity contribution is 7.19. The molecule has 176 valence electrons. The number of thiazole rings is 1. The molecule has 0 bridgehead atoms. The second kappa shape index (κ2) is 11.0. The van der Waals surface area contributed by atoms with Crippen LogP contribution in [0.25, 0.3) is 21.9 Å². The van der Waals surface area contributed by atoms with Crippen LogP contribution in [-0.4, -0.2) is 24.6 Å². The van der Waals surface area contributed by atoms with E-state index >= 15 is 0 Å². The predicted octanol–water partition coefficient (Wildman–Crippen LogP) is 7.35. The first-order valence-corrected chi connectivity index (χ1v) is 12.1. The number of nitrogens with zero attached hydrogens (tertiary/aromatic N) is 2. The molecule has 10 heteroatoms. The zero-order valence-electron chi connectivity index (χ0n) is 18.1. The number of aromatic nitrogens is 1. The molecular weight excluding hydrogens is 529 g/mol. The van der Waals surface area contributed by atoms with Crippen molar-refractivity contribution in [1.82, 2.24) is 4.98 Å². The van der Waals surface area contributed by atoms with Gasteiger partial charge < -0.3 is 14.8 Å². The Bertz CT molecular complexity index is 1460. The Kier molecular flexibility index (Phi) is 7.79. The summed E-state index contributed by atoms with van der Waals surface area (Å²) in [6.07, 6.45) is 1.67. The van der Waals surface area contributed by atoms with E-state index in [2.05, 4.69) is 16.4 Å². The van der Waals surface area contributed by atoms with Crippen molar-refractivity contribution < 1.29 is 14.3 Å². The molecule has 0 spiro atoms. The van der Waals surface area contributed by atoms with E-state index in [1.54, 1.807) is 30.3 Å². The van der Waals surface area contributed by atoms with Crippen LogP contribution in [0, 0.1) is 11.3 Å². The minimum absolute atomic E-state index is 0.203. The highest BCUT2D eigenvalue weighted by Crippen LogP contribution is 2.38. The van der Waals surface area contributed by atoms with Gasteiger partial charge in [0.05, 0.1) is 38.0 Å². The lowest BCUT2D eigenvalue weighted by Crippen LogP contribution is -2.20. The molecule has 1 amide bonds. The van der Waals surface area contributed by atoms with Crippen LogP contribution in [0.3, 0.4) is 0 Å². The van der Waals surface area contributed by atoms with E-state index < -0.39 is 5.91 Å². The summed E-state index contributed by atoms with van der Waals surface area (Å²) >= 11 is 19.7. The van der Waals surface area contributed by atoms with Gasteiger partial charge >= 0.3 is 0 Å². The first-order valence-electron chi connectivity index (χ1n) is 10.1. The lowest BCUT2D eigenvalue weighted by molar-refractivity contribution is -0.118. The van der Waals surface area contributed by atoms with Crippen molar-refractivity contribution in [2.45, 2.75) is 0 Å². The number of anilines is 1. The summed E-state index contributed by atoms with van der Waals surface area (Å²) in [6, 6.07) is 17.9. The number of methoxy groups -OCH3 is 1. The Labute approximate surface area is 220 Å². The van der Waals surface area contributed by atoms with E-state index in [0.29, 0.717) is 37.6 Å². The van der Waals surface area contributed by atoms with Gasteiger partial charge in [-0.2, -0.15) is 5.26 Å². The van der Waals surface area contributed by atoms with Crippen LogP contribution in [0.1, 0.15) is 10.6 Å². The number of fused-ring (bicyclic) bond motifs is 1. The second-order valence-corrected chi connectivity index (χ2v) is 9.41. The minimum Gasteiger partial charge on any atom is -0.493 e. The van der Waals surface area contributed by atoms with E-state index in [4.69, 9.17) is 44.3 Å². The Morgan fingerprint density at radius 3 is 2.63 bits per heavy atom. The maximum atomic E-state index is 12.3. The number of benzene rings is 3. The molecule has 0 saturated carbocycles. The molecule has 0 radical (unpaired) electrons. The van der Waals surface area contributed by atoms with Crippen LogP contribution in [0.2, 0.25) is 15.1 Å². The third kappa shape index (κ3) is 5.87. The topological polar surface area (TPSA) is 84.2 Å². The summed E-state index contributed by atoms with van der Waals surface area (Å²) in [5.74, 6) is 0.0925. The van der Waals surface area contributed by atoms with E-state index in [9.17, 15) is 10.1 Å². The summed E-state index contributed by atoms with van der Waals surface area (Å²) in [5.41, 5.74) is 2.31. The molecule has 1 aromatic heterocycles. The zero-order chi connectivity index (χ0) is 24.9. The van der Waals surface area contributed by atoms with Crippen molar-refractivity contribution in [2.24, 2.45) is 0 Å². The first kappa shape index (κ1) is 24.8. The standard InChI is InChI=1S/C25H16Cl3N3O3S/c1-33-21-10-14(8-15(12-29)25-31-20-4-2-3-5-22(20)35-25)9-19(28)24(21)34-13-23(32)30-16-6-7-17(26)18(27)11-16/h2-11H,13H2,1H3,(H,30,32)/b15-8+. The van der Waals surface area contributed by atoms with Gasteiger partial charge in [0.15, 0.2) is 18.1 Å². The van der Waals surface area contributed by atoms with Gasteiger partial charge in [0.1, 0.15) is 11.1 Å². The Morgan fingerprint density at radius 1 is 1.11 bits per heavy atom. The number of ether oxygens (including phenoxy) is 2. The fourth-order valence-electron chi connectivity index (χ4n) is 3.17. The van der Waals surface area contributed by atoms with Gasteiger partial charge in [-0.3, -0.25) is 4.79 Å². The number of amides is 1. The molecule has 6 nitrogen and oxygen atoms in total. The number of rotatable bonds is 7. The normalized spacial score (nSPS) is 11.2. The summed E-state index contributed by atoms with van der Waals surface area (Å²) in [7, 11) is 1.46. The number of carbonyl (C=O) groups is 1. The van der Waals surface area contributed by atoms with Crippen molar-refractivity contribution in [3.05, 3.63) is 80.2 Å². The average Bonchev–Trinajstić information content (AvgIpc) is 3.28. The van der Waals surface area contributed by atoms with Crippen LogP contribution < -0.4 is 14.8 Å². The average molecular weight is 545 g/mol. The van der Waals surface area contributed by atoms with E-state index in [-0.39, 0.29) is 17.4 Å². The van der Waals surface area contributed by atoms with Gasteiger partial charge in [-0.05, 0) is 54.1 Å². The van der Waals surface area contributed by atoms with Crippen LogP contribution in [0.15, 0.2) is 54.6 Å². The summed E-state index contributed by atoms with van der Waals surface area (Å²) < 4.78 is 12.0. The molecule has 35 heavy (non-hydrogen) atoms. The number of nitriles is 1. The highest BCUT2D eigenvalue weighted by atomic mass is 35.5. The fraction of sp³-hybridized carbons (Fsp3) is 0.0800. The van der Waals surface area contributed by atoms with Crippen LogP contribution in [-0.2, 0) is 4.79 Å². The molecule has 0 aliphatic heterocycles. The molecule has 0 fully saturated rings. The number of para-hydroxylation sites is 1. The second-order valence-electron chi connectivity index (χ2n) is 7.16. The molecular formula is C25H16Cl3N3O3S. The minimum atomic E-state index is -0.423. The lowest BCUT2D eigenvalue weighted by Gasteiger charge is -2.13. The smallest absolute Gasteiger partial charge is 0.262 e. The maximum Gasteiger partial charge on any atom is 0.262 e. The van der Waals surface area contributed by atoms with E-state index in [1.807, 2.05) is 24.3 Å². The molecule has 0 aliphatic carbocycles. The predicted molar refractivity (Wildman–Crippen MR) is 142 cm³/mol. The van der Waals surface area contributed by atoms with Gasteiger partial charge in [0, 0.05) is 5.69 Å². The maximum absolute atomic E-state index is 12.3. The van der Waals surface area contributed by atoms with Crippen molar-refractivity contribution >= 4 is 79.6 Å². The van der Waals surface area contributed by atoms with E-state index in [1.165, 1.54) is 24.5 Å². The highest BCUT2D eigenvalue weighted by Gasteiger charge is 2.15. The molecule has 1 heterocycles. The molecule has 3 aromatic carbocycles. The van der Waals surface area contributed by atoms with Crippen LogP contribution in [0.4, 0.5) is 5.69 Å². The molecule has 0 aliphatic rings. The van der Waals surface area contributed by atoms with Gasteiger partial charge in [-0.15, -0.1) is 11.3 Å². The SMILES string of the molecule is COc1cc(/C=C(\C#N)c2nc3ccccc3s2)cc(Cl)c1OCC(=O)Nc1ccc(Cl)c(Cl)c1. The van der Waals surface area contributed by atoms with Crippen molar-refractivity contribution in [2.75, 3.05) is 19.0 Å². The number of nitrogens with one attached hydrogen (secondary N) is 1. The number of allylic oxidation sites excluding steroid dienone is 1.